The third-order valence-corrected chi connectivity index (χ3v) is 1.75. The van der Waals surface area contributed by atoms with Crippen LogP contribution in [-0.2, 0) is 0 Å². The van der Waals surface area contributed by atoms with Crippen LogP contribution in [0.4, 0.5) is 0 Å². The highest BCUT2D eigenvalue weighted by atomic mass is 16.6. The van der Waals surface area contributed by atoms with E-state index < -0.39 is 17.5 Å². The molecule has 0 aliphatic carbocycles. The molecule has 2 unspecified atom stereocenters. The summed E-state index contributed by atoms with van der Waals surface area (Å²) in [7, 11) is 0. The van der Waals surface area contributed by atoms with Crippen molar-refractivity contribution in [3.05, 3.63) is 5.21 Å². The number of nitrogens with zero attached hydrogens (tertiary/aromatic N) is 1. The molecule has 1 aliphatic rings. The summed E-state index contributed by atoms with van der Waals surface area (Å²) < 4.78 is -0.726. The van der Waals surface area contributed by atoms with Gasteiger partial charge in [-0.3, -0.25) is 5.32 Å². The van der Waals surface area contributed by atoms with Crippen molar-refractivity contribution >= 4 is 0 Å². The van der Waals surface area contributed by atoms with E-state index in [1.165, 1.54) is 0 Å². The fraction of sp³-hybridized carbons (Fsp3) is 1.00. The van der Waals surface area contributed by atoms with Crippen LogP contribution in [0.1, 0.15) is 0 Å². The number of aliphatic hydroxyl groups excluding tert-OH is 2. The van der Waals surface area contributed by atoms with Gasteiger partial charge < -0.3 is 20.1 Å². The molecule has 2 atom stereocenters. The SMILES string of the molecule is [O-][N+]1(C(O)CO)CCNC1. The summed E-state index contributed by atoms with van der Waals surface area (Å²) in [6.07, 6.45) is -1.19. The predicted molar refractivity (Wildman–Crippen MR) is 34.5 cm³/mol. The van der Waals surface area contributed by atoms with Gasteiger partial charge in [0.15, 0.2) is 0 Å². The summed E-state index contributed by atoms with van der Waals surface area (Å²) in [6.45, 7) is 0.676. The molecular formula is C5H12N2O3. The summed E-state index contributed by atoms with van der Waals surface area (Å²) >= 11 is 0. The molecule has 1 saturated heterocycles. The lowest BCUT2D eigenvalue weighted by Crippen LogP contribution is -2.51. The van der Waals surface area contributed by atoms with Crippen LogP contribution in [0.25, 0.3) is 0 Å². The lowest BCUT2D eigenvalue weighted by Gasteiger charge is -2.40. The van der Waals surface area contributed by atoms with Crippen LogP contribution in [0, 0.1) is 5.21 Å². The summed E-state index contributed by atoms with van der Waals surface area (Å²) in [5.41, 5.74) is 0. The maximum atomic E-state index is 11.3. The van der Waals surface area contributed by atoms with Gasteiger partial charge in [0.1, 0.15) is 13.3 Å². The standard InChI is InChI=1S/C5H12N2O3/c8-3-5(9)7(10)2-1-6-4-7/h5-6,8-9H,1-4H2. The van der Waals surface area contributed by atoms with Crippen LogP contribution in [0.5, 0.6) is 0 Å². The molecule has 0 aromatic heterocycles. The fourth-order valence-electron chi connectivity index (χ4n) is 1.02. The Kier molecular flexibility index (Phi) is 2.22. The molecule has 5 heteroatoms. The minimum absolute atomic E-state index is 0.196. The van der Waals surface area contributed by atoms with Crippen molar-refractivity contribution < 1.29 is 14.9 Å². The molecule has 0 bridgehead atoms. The Morgan fingerprint density at radius 3 is 2.80 bits per heavy atom. The molecule has 1 heterocycles. The normalized spacial score (nSPS) is 36.3. The van der Waals surface area contributed by atoms with E-state index in [-0.39, 0.29) is 6.67 Å². The van der Waals surface area contributed by atoms with Crippen molar-refractivity contribution in [2.75, 3.05) is 26.4 Å². The van der Waals surface area contributed by atoms with Crippen molar-refractivity contribution in [3.8, 4) is 0 Å². The van der Waals surface area contributed by atoms with Gasteiger partial charge in [-0.25, -0.2) is 0 Å². The Morgan fingerprint density at radius 1 is 1.70 bits per heavy atom. The molecule has 1 rings (SSSR count). The number of hydroxylamine groups is 3. The van der Waals surface area contributed by atoms with E-state index in [4.69, 9.17) is 10.2 Å². The molecule has 60 valence electrons. The lowest BCUT2D eigenvalue weighted by atomic mass is 10.5. The highest BCUT2D eigenvalue weighted by Gasteiger charge is 2.29. The zero-order chi connectivity index (χ0) is 7.61. The van der Waals surface area contributed by atoms with Gasteiger partial charge in [0, 0.05) is 0 Å². The molecular weight excluding hydrogens is 136 g/mol. The average Bonchev–Trinajstić information content (AvgIpc) is 2.36. The third kappa shape index (κ3) is 1.28. The minimum atomic E-state index is -1.19. The van der Waals surface area contributed by atoms with Crippen molar-refractivity contribution in [2.24, 2.45) is 0 Å². The maximum Gasteiger partial charge on any atom is 0.215 e. The number of hydrogen-bond acceptors (Lipinski definition) is 4. The number of quaternary nitrogens is 1. The summed E-state index contributed by atoms with van der Waals surface area (Å²) in [5.74, 6) is 0. The van der Waals surface area contributed by atoms with Gasteiger partial charge in [0.05, 0.1) is 13.1 Å². The van der Waals surface area contributed by atoms with Crippen molar-refractivity contribution in [3.63, 3.8) is 0 Å². The number of aliphatic hydroxyl groups is 2. The summed E-state index contributed by atoms with van der Waals surface area (Å²) in [5, 5.41) is 31.6. The molecule has 1 aliphatic heterocycles. The van der Waals surface area contributed by atoms with Crippen molar-refractivity contribution in [2.45, 2.75) is 6.23 Å². The lowest BCUT2D eigenvalue weighted by molar-refractivity contribution is -0.917. The Bertz CT molecular complexity index is 113. The number of nitrogens with one attached hydrogen (secondary N) is 1. The second kappa shape index (κ2) is 2.81. The van der Waals surface area contributed by atoms with E-state index in [0.717, 1.165) is 0 Å². The van der Waals surface area contributed by atoms with E-state index in [1.54, 1.807) is 0 Å². The van der Waals surface area contributed by atoms with E-state index in [9.17, 15) is 5.21 Å². The van der Waals surface area contributed by atoms with Crippen molar-refractivity contribution in [1.82, 2.24) is 5.32 Å². The van der Waals surface area contributed by atoms with Crippen molar-refractivity contribution in [1.29, 1.82) is 0 Å². The highest BCUT2D eigenvalue weighted by molar-refractivity contribution is 4.56. The topological polar surface area (TPSA) is 75.5 Å². The summed E-state index contributed by atoms with van der Waals surface area (Å²) in [6, 6.07) is 0. The van der Waals surface area contributed by atoms with Crippen LogP contribution >= 0.6 is 0 Å². The Labute approximate surface area is 59.0 Å². The van der Waals surface area contributed by atoms with Crippen LogP contribution in [0.2, 0.25) is 0 Å². The Morgan fingerprint density at radius 2 is 2.40 bits per heavy atom. The molecule has 0 saturated carbocycles. The fourth-order valence-corrected chi connectivity index (χ4v) is 1.02. The summed E-state index contributed by atoms with van der Waals surface area (Å²) in [4.78, 5) is 0. The second-order valence-corrected chi connectivity index (χ2v) is 2.50. The first-order chi connectivity index (χ1) is 4.69. The largest absolute Gasteiger partial charge is 0.630 e. The average molecular weight is 148 g/mol. The first kappa shape index (κ1) is 7.90. The first-order valence-corrected chi connectivity index (χ1v) is 3.26. The van der Waals surface area contributed by atoms with E-state index in [0.29, 0.717) is 13.1 Å². The quantitative estimate of drug-likeness (QED) is 0.318. The molecule has 0 aromatic carbocycles. The number of hydrogen-bond donors (Lipinski definition) is 3. The Hall–Kier alpha value is -0.200. The minimum Gasteiger partial charge on any atom is -0.630 e. The molecule has 0 aromatic rings. The molecule has 3 N–H and O–H groups in total. The molecule has 1 fully saturated rings. The smallest absolute Gasteiger partial charge is 0.215 e. The van der Waals surface area contributed by atoms with Gasteiger partial charge in [-0.15, -0.1) is 0 Å². The monoisotopic (exact) mass is 148 g/mol. The van der Waals surface area contributed by atoms with Crippen LogP contribution in [0.15, 0.2) is 0 Å². The second-order valence-electron chi connectivity index (χ2n) is 2.50. The third-order valence-electron chi connectivity index (χ3n) is 1.75. The molecule has 0 amide bonds. The zero-order valence-electron chi connectivity index (χ0n) is 5.66. The van der Waals surface area contributed by atoms with Gasteiger partial charge in [0.25, 0.3) is 0 Å². The number of rotatable bonds is 2. The molecule has 10 heavy (non-hydrogen) atoms. The van der Waals surface area contributed by atoms with Crippen LogP contribution in [-0.4, -0.2) is 47.5 Å². The van der Waals surface area contributed by atoms with Gasteiger partial charge >= 0.3 is 0 Å². The maximum absolute atomic E-state index is 11.3. The van der Waals surface area contributed by atoms with E-state index in [1.807, 2.05) is 0 Å². The van der Waals surface area contributed by atoms with E-state index >= 15 is 0 Å². The van der Waals surface area contributed by atoms with Crippen LogP contribution < -0.4 is 5.32 Å². The van der Waals surface area contributed by atoms with Gasteiger partial charge in [-0.05, 0) is 0 Å². The van der Waals surface area contributed by atoms with Gasteiger partial charge in [-0.1, -0.05) is 0 Å². The first-order valence-electron chi connectivity index (χ1n) is 3.26. The predicted octanol–water partition coefficient (Wildman–Crippen LogP) is -1.83. The van der Waals surface area contributed by atoms with E-state index in [2.05, 4.69) is 5.32 Å². The highest BCUT2D eigenvalue weighted by Crippen LogP contribution is 2.10. The molecule has 0 spiro atoms. The zero-order valence-corrected chi connectivity index (χ0v) is 5.66. The molecule has 0 radical (unpaired) electrons. The van der Waals surface area contributed by atoms with Crippen LogP contribution in [0.3, 0.4) is 0 Å². The van der Waals surface area contributed by atoms with Gasteiger partial charge in [-0.2, -0.15) is 0 Å². The Balaban J connectivity index is 2.49. The van der Waals surface area contributed by atoms with Gasteiger partial charge in [0.2, 0.25) is 6.23 Å². The molecule has 5 nitrogen and oxygen atoms in total.